The summed E-state index contributed by atoms with van der Waals surface area (Å²) in [6, 6.07) is 6.78. The molecule has 1 N–H and O–H groups in total. The zero-order valence-electron chi connectivity index (χ0n) is 13.3. The first kappa shape index (κ1) is 15.3. The molecule has 1 aromatic carbocycles. The van der Waals surface area contributed by atoms with Crippen LogP contribution in [-0.4, -0.2) is 38.2 Å². The van der Waals surface area contributed by atoms with Gasteiger partial charge in [0.05, 0.1) is 7.11 Å². The second-order valence-electron chi connectivity index (χ2n) is 5.92. The molecule has 1 heterocycles. The molecular weight excluding hydrogens is 248 g/mol. The molecule has 0 aromatic heterocycles. The van der Waals surface area contributed by atoms with E-state index in [9.17, 15) is 0 Å². The molecule has 2 atom stereocenters. The Bertz CT molecular complexity index is 433. The van der Waals surface area contributed by atoms with E-state index in [0.29, 0.717) is 6.04 Å². The molecule has 2 unspecified atom stereocenters. The zero-order chi connectivity index (χ0) is 14.5. The Morgan fingerprint density at radius 1 is 1.45 bits per heavy atom. The van der Waals surface area contributed by atoms with E-state index in [1.165, 1.54) is 37.2 Å². The van der Waals surface area contributed by atoms with Gasteiger partial charge in [-0.1, -0.05) is 19.1 Å². The Kier molecular flexibility index (Phi) is 5.44. The third-order valence-electron chi connectivity index (χ3n) is 4.39. The van der Waals surface area contributed by atoms with Crippen LogP contribution < -0.4 is 10.1 Å². The molecule has 3 nitrogen and oxygen atoms in total. The highest BCUT2D eigenvalue weighted by Gasteiger charge is 2.21. The topological polar surface area (TPSA) is 24.5 Å². The lowest BCUT2D eigenvalue weighted by atomic mass is 10.0. The molecular formula is C17H28N2O. The number of benzene rings is 1. The average Bonchev–Trinajstić information content (AvgIpc) is 2.92. The van der Waals surface area contributed by atoms with Crippen LogP contribution in [0, 0.1) is 12.8 Å². The van der Waals surface area contributed by atoms with Gasteiger partial charge in [-0.15, -0.1) is 0 Å². The molecule has 112 valence electrons. The van der Waals surface area contributed by atoms with E-state index >= 15 is 0 Å². The largest absolute Gasteiger partial charge is 0.496 e. The maximum absolute atomic E-state index is 5.51. The van der Waals surface area contributed by atoms with Gasteiger partial charge in [-0.05, 0) is 57.5 Å². The summed E-state index contributed by atoms with van der Waals surface area (Å²) in [5.41, 5.74) is 2.50. The Morgan fingerprint density at radius 2 is 2.25 bits per heavy atom. The van der Waals surface area contributed by atoms with Gasteiger partial charge < -0.3 is 15.0 Å². The van der Waals surface area contributed by atoms with Gasteiger partial charge in [-0.2, -0.15) is 0 Å². The summed E-state index contributed by atoms with van der Waals surface area (Å²) >= 11 is 0. The number of nitrogens with one attached hydrogen (secondary N) is 1. The SMILES string of the molecule is CCN1CCC(CNC(C)c2ccc(C)cc2OC)C1. The number of likely N-dealkylation sites (tertiary alicyclic amines) is 1. The first-order valence-electron chi connectivity index (χ1n) is 7.74. The minimum atomic E-state index is 0.334. The number of methoxy groups -OCH3 is 1. The average molecular weight is 276 g/mol. The maximum atomic E-state index is 5.51. The van der Waals surface area contributed by atoms with Crippen molar-refractivity contribution in [3.05, 3.63) is 29.3 Å². The van der Waals surface area contributed by atoms with Gasteiger partial charge in [0, 0.05) is 18.2 Å². The molecule has 0 amide bonds. The van der Waals surface area contributed by atoms with Crippen molar-refractivity contribution in [1.82, 2.24) is 10.2 Å². The van der Waals surface area contributed by atoms with Gasteiger partial charge in [-0.25, -0.2) is 0 Å². The van der Waals surface area contributed by atoms with Gasteiger partial charge in [0.2, 0.25) is 0 Å². The molecule has 2 rings (SSSR count). The fourth-order valence-electron chi connectivity index (χ4n) is 3.00. The number of rotatable bonds is 6. The summed E-state index contributed by atoms with van der Waals surface area (Å²) in [6.07, 6.45) is 1.32. The molecule has 0 spiro atoms. The Morgan fingerprint density at radius 3 is 2.90 bits per heavy atom. The van der Waals surface area contributed by atoms with Crippen LogP contribution in [0.15, 0.2) is 18.2 Å². The van der Waals surface area contributed by atoms with Gasteiger partial charge in [-0.3, -0.25) is 0 Å². The summed E-state index contributed by atoms with van der Waals surface area (Å²) in [5.74, 6) is 1.78. The summed E-state index contributed by atoms with van der Waals surface area (Å²) in [6.45, 7) is 11.3. The molecule has 1 saturated heterocycles. The van der Waals surface area contributed by atoms with Crippen LogP contribution in [0.3, 0.4) is 0 Å². The van der Waals surface area contributed by atoms with E-state index in [-0.39, 0.29) is 0 Å². The van der Waals surface area contributed by atoms with E-state index in [1.807, 2.05) is 0 Å². The molecule has 0 aliphatic carbocycles. The van der Waals surface area contributed by atoms with Crippen molar-refractivity contribution in [2.75, 3.05) is 33.3 Å². The van der Waals surface area contributed by atoms with Gasteiger partial charge >= 0.3 is 0 Å². The highest BCUT2D eigenvalue weighted by molar-refractivity contribution is 5.39. The number of hydrogen-bond acceptors (Lipinski definition) is 3. The first-order chi connectivity index (χ1) is 9.63. The van der Waals surface area contributed by atoms with Crippen molar-refractivity contribution < 1.29 is 4.74 Å². The Hall–Kier alpha value is -1.06. The molecule has 1 aromatic rings. The van der Waals surface area contributed by atoms with Crippen LogP contribution in [0.1, 0.15) is 37.4 Å². The smallest absolute Gasteiger partial charge is 0.123 e. The molecule has 0 bridgehead atoms. The summed E-state index contributed by atoms with van der Waals surface area (Å²) in [5, 5.41) is 3.67. The summed E-state index contributed by atoms with van der Waals surface area (Å²) in [7, 11) is 1.75. The van der Waals surface area contributed by atoms with Crippen molar-refractivity contribution in [3.8, 4) is 5.75 Å². The van der Waals surface area contributed by atoms with Crippen molar-refractivity contribution in [1.29, 1.82) is 0 Å². The third-order valence-corrected chi connectivity index (χ3v) is 4.39. The van der Waals surface area contributed by atoms with Gasteiger partial charge in [0.25, 0.3) is 0 Å². The summed E-state index contributed by atoms with van der Waals surface area (Å²) in [4.78, 5) is 2.53. The van der Waals surface area contributed by atoms with Crippen LogP contribution in [0.5, 0.6) is 5.75 Å². The highest BCUT2D eigenvalue weighted by Crippen LogP contribution is 2.26. The zero-order valence-corrected chi connectivity index (χ0v) is 13.3. The Balaban J connectivity index is 1.90. The lowest BCUT2D eigenvalue weighted by Crippen LogP contribution is -2.28. The number of ether oxygens (including phenoxy) is 1. The van der Waals surface area contributed by atoms with Crippen molar-refractivity contribution in [2.45, 2.75) is 33.2 Å². The molecule has 1 aliphatic heterocycles. The second kappa shape index (κ2) is 7.09. The lowest BCUT2D eigenvalue weighted by Gasteiger charge is -2.20. The minimum absolute atomic E-state index is 0.334. The molecule has 20 heavy (non-hydrogen) atoms. The minimum Gasteiger partial charge on any atom is -0.496 e. The monoisotopic (exact) mass is 276 g/mol. The highest BCUT2D eigenvalue weighted by atomic mass is 16.5. The van der Waals surface area contributed by atoms with Crippen molar-refractivity contribution in [3.63, 3.8) is 0 Å². The fourth-order valence-corrected chi connectivity index (χ4v) is 3.00. The number of nitrogens with zero attached hydrogens (tertiary/aromatic N) is 1. The quantitative estimate of drug-likeness (QED) is 0.864. The molecule has 1 fully saturated rings. The van der Waals surface area contributed by atoms with Crippen molar-refractivity contribution in [2.24, 2.45) is 5.92 Å². The fraction of sp³-hybridized carbons (Fsp3) is 0.647. The summed E-state index contributed by atoms with van der Waals surface area (Å²) < 4.78 is 5.51. The van der Waals surface area contributed by atoms with Gasteiger partial charge in [0.1, 0.15) is 5.75 Å². The van der Waals surface area contributed by atoms with E-state index in [4.69, 9.17) is 4.74 Å². The van der Waals surface area contributed by atoms with Crippen LogP contribution in [0.4, 0.5) is 0 Å². The predicted octanol–water partition coefficient (Wildman–Crippen LogP) is 3.00. The van der Waals surface area contributed by atoms with Crippen molar-refractivity contribution >= 4 is 0 Å². The predicted molar refractivity (Wildman–Crippen MR) is 84.4 cm³/mol. The number of hydrogen-bond donors (Lipinski definition) is 1. The van der Waals surface area contributed by atoms with E-state index < -0.39 is 0 Å². The standard InChI is InChI=1S/C17H28N2O/c1-5-19-9-8-15(12-19)11-18-14(3)16-7-6-13(2)10-17(16)20-4/h6-7,10,14-15,18H,5,8-9,11-12H2,1-4H3. The molecule has 0 radical (unpaired) electrons. The van der Waals surface area contributed by atoms with Crippen LogP contribution in [-0.2, 0) is 0 Å². The van der Waals surface area contributed by atoms with Gasteiger partial charge in [0.15, 0.2) is 0 Å². The second-order valence-corrected chi connectivity index (χ2v) is 5.92. The van der Waals surface area contributed by atoms with E-state index in [0.717, 1.165) is 18.2 Å². The van der Waals surface area contributed by atoms with Crippen LogP contribution >= 0.6 is 0 Å². The maximum Gasteiger partial charge on any atom is 0.123 e. The van der Waals surface area contributed by atoms with Crippen LogP contribution in [0.2, 0.25) is 0 Å². The molecule has 0 saturated carbocycles. The Labute approximate surface area is 123 Å². The van der Waals surface area contributed by atoms with Crippen LogP contribution in [0.25, 0.3) is 0 Å². The molecule has 3 heteroatoms. The van der Waals surface area contributed by atoms with E-state index in [2.05, 4.69) is 49.2 Å². The first-order valence-corrected chi connectivity index (χ1v) is 7.74. The van der Waals surface area contributed by atoms with E-state index in [1.54, 1.807) is 7.11 Å². The number of aryl methyl sites for hydroxylation is 1. The third kappa shape index (κ3) is 3.74. The lowest BCUT2D eigenvalue weighted by molar-refractivity contribution is 0.335. The molecule has 1 aliphatic rings. The normalized spacial score (nSPS) is 21.1.